The summed E-state index contributed by atoms with van der Waals surface area (Å²) in [7, 11) is 0. The van der Waals surface area contributed by atoms with Crippen LogP contribution in [0, 0.1) is 31.6 Å². The van der Waals surface area contributed by atoms with E-state index >= 15 is 0 Å². The van der Waals surface area contributed by atoms with Crippen LogP contribution in [0.1, 0.15) is 56.1 Å². The van der Waals surface area contributed by atoms with Gasteiger partial charge in [-0.1, -0.05) is 18.2 Å². The van der Waals surface area contributed by atoms with Gasteiger partial charge in [0.1, 0.15) is 0 Å². The van der Waals surface area contributed by atoms with E-state index in [1.807, 2.05) is 32.0 Å². The zero-order valence-electron chi connectivity index (χ0n) is 18.6. The predicted octanol–water partition coefficient (Wildman–Crippen LogP) is 3.02. The van der Waals surface area contributed by atoms with Crippen LogP contribution in [0.15, 0.2) is 18.2 Å². The number of anilines is 1. The van der Waals surface area contributed by atoms with Crippen molar-refractivity contribution in [3.05, 3.63) is 29.3 Å². The Bertz CT molecular complexity index is 811. The first-order valence-corrected chi connectivity index (χ1v) is 11.5. The summed E-state index contributed by atoms with van der Waals surface area (Å²) < 4.78 is 0. The molecule has 168 valence electrons. The van der Waals surface area contributed by atoms with Crippen molar-refractivity contribution >= 4 is 23.5 Å². The summed E-state index contributed by atoms with van der Waals surface area (Å²) in [6.07, 6.45) is 7.44. The highest BCUT2D eigenvalue weighted by Gasteiger charge is 2.51. The highest BCUT2D eigenvalue weighted by molar-refractivity contribution is 5.95. The Balaban J connectivity index is 1.14. The SMILES string of the molecule is Cc1cccc(C)c1NC(=O)CNC(=O)CCNC(=O)NC12CC3CC(CC(C3)C1)C2. The van der Waals surface area contributed by atoms with Crippen molar-refractivity contribution in [3.8, 4) is 0 Å². The van der Waals surface area contributed by atoms with Crippen LogP contribution >= 0.6 is 0 Å². The van der Waals surface area contributed by atoms with Crippen molar-refractivity contribution in [3.63, 3.8) is 0 Å². The van der Waals surface area contributed by atoms with Gasteiger partial charge in [-0.3, -0.25) is 9.59 Å². The molecule has 31 heavy (non-hydrogen) atoms. The van der Waals surface area contributed by atoms with Crippen LogP contribution in [0.4, 0.5) is 10.5 Å². The molecule has 4 aliphatic carbocycles. The Morgan fingerprint density at radius 2 is 1.48 bits per heavy atom. The van der Waals surface area contributed by atoms with Crippen molar-refractivity contribution in [2.75, 3.05) is 18.4 Å². The van der Waals surface area contributed by atoms with Crippen LogP contribution in [-0.4, -0.2) is 36.5 Å². The van der Waals surface area contributed by atoms with Crippen molar-refractivity contribution in [1.29, 1.82) is 0 Å². The van der Waals surface area contributed by atoms with E-state index in [-0.39, 0.29) is 42.9 Å². The molecule has 0 heterocycles. The highest BCUT2D eigenvalue weighted by Crippen LogP contribution is 2.55. The second-order valence-corrected chi connectivity index (χ2v) is 9.92. The Morgan fingerprint density at radius 1 is 0.903 bits per heavy atom. The van der Waals surface area contributed by atoms with Gasteiger partial charge in [-0.2, -0.15) is 0 Å². The predicted molar refractivity (Wildman–Crippen MR) is 120 cm³/mol. The zero-order chi connectivity index (χ0) is 22.0. The molecule has 5 rings (SSSR count). The van der Waals surface area contributed by atoms with Gasteiger partial charge in [-0.05, 0) is 81.3 Å². The third-order valence-electron chi connectivity index (χ3n) is 7.25. The quantitative estimate of drug-likeness (QED) is 0.539. The summed E-state index contributed by atoms with van der Waals surface area (Å²) in [5.41, 5.74) is 2.71. The molecule has 7 nitrogen and oxygen atoms in total. The molecule has 0 spiro atoms. The van der Waals surface area contributed by atoms with E-state index in [4.69, 9.17) is 0 Å². The van der Waals surface area contributed by atoms with E-state index in [1.165, 1.54) is 19.3 Å². The van der Waals surface area contributed by atoms with Crippen molar-refractivity contribution in [2.24, 2.45) is 17.8 Å². The van der Waals surface area contributed by atoms with Gasteiger partial charge in [0.25, 0.3) is 0 Å². The van der Waals surface area contributed by atoms with Gasteiger partial charge < -0.3 is 21.3 Å². The molecule has 4 saturated carbocycles. The fourth-order valence-corrected chi connectivity index (χ4v) is 6.30. The molecule has 1 aromatic carbocycles. The smallest absolute Gasteiger partial charge is 0.315 e. The molecule has 7 heteroatoms. The zero-order valence-corrected chi connectivity index (χ0v) is 18.6. The molecule has 0 aromatic heterocycles. The third kappa shape index (κ3) is 5.20. The average molecular weight is 427 g/mol. The number of nitrogens with one attached hydrogen (secondary N) is 4. The number of aryl methyl sites for hydroxylation is 2. The lowest BCUT2D eigenvalue weighted by Gasteiger charge is -2.56. The number of carbonyl (C=O) groups is 3. The van der Waals surface area contributed by atoms with Gasteiger partial charge in [0.2, 0.25) is 11.8 Å². The lowest BCUT2D eigenvalue weighted by Crippen LogP contribution is -2.61. The summed E-state index contributed by atoms with van der Waals surface area (Å²) in [6, 6.07) is 5.62. The van der Waals surface area contributed by atoms with E-state index in [1.54, 1.807) is 0 Å². The number of amides is 4. The lowest BCUT2D eigenvalue weighted by molar-refractivity contribution is -0.124. The maximum atomic E-state index is 12.4. The maximum Gasteiger partial charge on any atom is 0.315 e. The molecule has 0 aliphatic heterocycles. The van der Waals surface area contributed by atoms with E-state index in [2.05, 4.69) is 21.3 Å². The third-order valence-corrected chi connectivity index (χ3v) is 7.25. The summed E-state index contributed by atoms with van der Waals surface area (Å²) in [6.45, 7) is 4.03. The number of carbonyl (C=O) groups excluding carboxylic acids is 3. The van der Waals surface area contributed by atoms with Crippen LogP contribution < -0.4 is 21.3 Å². The molecule has 0 saturated heterocycles. The number of rotatable bonds is 7. The van der Waals surface area contributed by atoms with Gasteiger partial charge >= 0.3 is 6.03 Å². The largest absolute Gasteiger partial charge is 0.347 e. The number of benzene rings is 1. The molecule has 1 aromatic rings. The van der Waals surface area contributed by atoms with E-state index in [0.717, 1.165) is 53.8 Å². The average Bonchev–Trinajstić information content (AvgIpc) is 2.68. The summed E-state index contributed by atoms with van der Waals surface area (Å²) in [5, 5.41) is 11.5. The number of hydrogen-bond acceptors (Lipinski definition) is 3. The van der Waals surface area contributed by atoms with Crippen LogP contribution in [0.25, 0.3) is 0 Å². The van der Waals surface area contributed by atoms with Crippen LogP contribution in [0.2, 0.25) is 0 Å². The first-order valence-electron chi connectivity index (χ1n) is 11.5. The second kappa shape index (κ2) is 8.89. The fourth-order valence-electron chi connectivity index (χ4n) is 6.30. The maximum absolute atomic E-state index is 12.4. The molecule has 0 radical (unpaired) electrons. The number of para-hydroxylation sites is 1. The normalized spacial score (nSPS) is 28.1. The Morgan fingerprint density at radius 3 is 2.06 bits per heavy atom. The van der Waals surface area contributed by atoms with Crippen LogP contribution in [0.3, 0.4) is 0 Å². The Labute approximate surface area is 184 Å². The molecule has 4 amide bonds. The van der Waals surface area contributed by atoms with E-state index in [9.17, 15) is 14.4 Å². The van der Waals surface area contributed by atoms with Crippen molar-refractivity contribution < 1.29 is 14.4 Å². The van der Waals surface area contributed by atoms with E-state index in [0.29, 0.717) is 0 Å². The molecule has 4 aliphatic rings. The van der Waals surface area contributed by atoms with Gasteiger partial charge in [0.15, 0.2) is 0 Å². The summed E-state index contributed by atoms with van der Waals surface area (Å²) >= 11 is 0. The molecule has 4 N–H and O–H groups in total. The summed E-state index contributed by atoms with van der Waals surface area (Å²) in [4.78, 5) is 36.6. The second-order valence-electron chi connectivity index (χ2n) is 9.92. The Hall–Kier alpha value is -2.57. The van der Waals surface area contributed by atoms with Gasteiger partial charge in [-0.15, -0.1) is 0 Å². The van der Waals surface area contributed by atoms with Crippen LogP contribution in [-0.2, 0) is 9.59 Å². The van der Waals surface area contributed by atoms with E-state index < -0.39 is 0 Å². The fraction of sp³-hybridized carbons (Fsp3) is 0.625. The molecular weight excluding hydrogens is 392 g/mol. The molecular formula is C24H34N4O3. The monoisotopic (exact) mass is 426 g/mol. The minimum Gasteiger partial charge on any atom is -0.347 e. The molecule has 0 atom stereocenters. The standard InChI is InChI=1S/C24H34N4O3/c1-15-4-3-5-16(2)22(15)27-21(30)14-26-20(29)6-7-25-23(31)28-24-11-17-8-18(12-24)10-19(9-17)13-24/h3-5,17-19H,6-14H2,1-2H3,(H,26,29)(H,27,30)(H2,25,28,31). The van der Waals surface area contributed by atoms with Crippen LogP contribution in [0.5, 0.6) is 0 Å². The van der Waals surface area contributed by atoms with Gasteiger partial charge in [0.05, 0.1) is 6.54 Å². The Kier molecular flexibility index (Phi) is 6.21. The molecule has 4 fully saturated rings. The summed E-state index contributed by atoms with van der Waals surface area (Å²) in [5.74, 6) is 1.79. The van der Waals surface area contributed by atoms with Gasteiger partial charge in [-0.25, -0.2) is 4.79 Å². The highest BCUT2D eigenvalue weighted by atomic mass is 16.2. The number of hydrogen-bond donors (Lipinski definition) is 4. The van der Waals surface area contributed by atoms with Gasteiger partial charge in [0, 0.05) is 24.2 Å². The lowest BCUT2D eigenvalue weighted by atomic mass is 9.53. The molecule has 4 bridgehead atoms. The first kappa shape index (κ1) is 21.7. The first-order chi connectivity index (χ1) is 14.8. The number of urea groups is 1. The van der Waals surface area contributed by atoms with Crippen molar-refractivity contribution in [1.82, 2.24) is 16.0 Å². The topological polar surface area (TPSA) is 99.3 Å². The van der Waals surface area contributed by atoms with Crippen molar-refractivity contribution in [2.45, 2.75) is 64.3 Å². The minimum absolute atomic E-state index is 0.0348. The molecule has 0 unspecified atom stereocenters. The minimum atomic E-state index is -0.265.